The van der Waals surface area contributed by atoms with Crippen LogP contribution in [0.15, 0.2) is 16.7 Å². The standard InChI is InChI=1S/C15H26N2O/c1-4-16-9-15-13(7-8-18-15)11-17(10-12(2)3)14-5-6-14/h7-8,12,14,16H,4-6,9-11H2,1-3H3. The monoisotopic (exact) mass is 250 g/mol. The molecule has 1 aromatic heterocycles. The zero-order valence-electron chi connectivity index (χ0n) is 11.9. The van der Waals surface area contributed by atoms with Crippen molar-refractivity contribution in [2.45, 2.75) is 52.7 Å². The zero-order valence-corrected chi connectivity index (χ0v) is 11.9. The van der Waals surface area contributed by atoms with Gasteiger partial charge in [-0.3, -0.25) is 4.90 Å². The molecule has 0 atom stereocenters. The van der Waals surface area contributed by atoms with Crippen LogP contribution in [0, 0.1) is 5.92 Å². The first kappa shape index (κ1) is 13.6. The fraction of sp³-hybridized carbons (Fsp3) is 0.733. The number of hydrogen-bond donors (Lipinski definition) is 1. The number of rotatable bonds is 8. The molecule has 0 aliphatic heterocycles. The predicted octanol–water partition coefficient (Wildman–Crippen LogP) is 3.01. The quantitative estimate of drug-likeness (QED) is 0.769. The molecule has 0 saturated heterocycles. The Morgan fingerprint density at radius 1 is 1.44 bits per heavy atom. The maximum absolute atomic E-state index is 5.58. The topological polar surface area (TPSA) is 28.4 Å². The van der Waals surface area contributed by atoms with Crippen molar-refractivity contribution in [2.75, 3.05) is 13.1 Å². The van der Waals surface area contributed by atoms with Gasteiger partial charge < -0.3 is 9.73 Å². The van der Waals surface area contributed by atoms with Crippen LogP contribution in [0.1, 0.15) is 44.9 Å². The summed E-state index contributed by atoms with van der Waals surface area (Å²) in [4.78, 5) is 2.62. The van der Waals surface area contributed by atoms with Gasteiger partial charge in [0.25, 0.3) is 0 Å². The summed E-state index contributed by atoms with van der Waals surface area (Å²) in [6, 6.07) is 2.94. The first-order valence-corrected chi connectivity index (χ1v) is 7.20. The molecule has 1 aliphatic carbocycles. The van der Waals surface area contributed by atoms with E-state index in [0.717, 1.165) is 37.4 Å². The molecule has 1 heterocycles. The molecule has 0 spiro atoms. The molecule has 3 heteroatoms. The third-order valence-corrected chi connectivity index (χ3v) is 3.41. The molecule has 0 bridgehead atoms. The average Bonchev–Trinajstić information content (AvgIpc) is 3.08. The summed E-state index contributed by atoms with van der Waals surface area (Å²) in [7, 11) is 0. The molecule has 0 unspecified atom stereocenters. The minimum atomic E-state index is 0.731. The molecule has 0 radical (unpaired) electrons. The van der Waals surface area contributed by atoms with E-state index in [0.29, 0.717) is 0 Å². The lowest BCUT2D eigenvalue weighted by molar-refractivity contribution is 0.224. The molecular formula is C15H26N2O. The molecule has 102 valence electrons. The first-order valence-electron chi connectivity index (χ1n) is 7.20. The highest BCUT2D eigenvalue weighted by molar-refractivity contribution is 5.17. The highest BCUT2D eigenvalue weighted by Gasteiger charge is 2.29. The van der Waals surface area contributed by atoms with Crippen molar-refractivity contribution >= 4 is 0 Å². The third kappa shape index (κ3) is 3.85. The van der Waals surface area contributed by atoms with Crippen LogP contribution in [-0.2, 0) is 13.1 Å². The van der Waals surface area contributed by atoms with E-state index in [-0.39, 0.29) is 0 Å². The van der Waals surface area contributed by atoms with Gasteiger partial charge >= 0.3 is 0 Å². The van der Waals surface area contributed by atoms with Crippen molar-refractivity contribution in [3.05, 3.63) is 23.7 Å². The lowest BCUT2D eigenvalue weighted by Crippen LogP contribution is -2.30. The molecule has 1 fully saturated rings. The Labute approximate surface area is 111 Å². The second-order valence-corrected chi connectivity index (χ2v) is 5.70. The molecule has 1 N–H and O–H groups in total. The SMILES string of the molecule is CCNCc1occc1CN(CC(C)C)C1CC1. The van der Waals surface area contributed by atoms with E-state index in [4.69, 9.17) is 4.42 Å². The number of nitrogens with zero attached hydrogens (tertiary/aromatic N) is 1. The maximum Gasteiger partial charge on any atom is 0.122 e. The molecule has 3 nitrogen and oxygen atoms in total. The molecule has 0 aromatic carbocycles. The Bertz CT molecular complexity index is 355. The summed E-state index contributed by atoms with van der Waals surface area (Å²) in [6.45, 7) is 10.8. The van der Waals surface area contributed by atoms with Crippen LogP contribution < -0.4 is 5.32 Å². The summed E-state index contributed by atoms with van der Waals surface area (Å²) in [5, 5.41) is 3.34. The molecule has 1 aromatic rings. The van der Waals surface area contributed by atoms with Crippen LogP contribution in [-0.4, -0.2) is 24.0 Å². The van der Waals surface area contributed by atoms with E-state index in [1.807, 2.05) is 6.26 Å². The summed E-state index contributed by atoms with van der Waals surface area (Å²) >= 11 is 0. The molecule has 1 saturated carbocycles. The van der Waals surface area contributed by atoms with Crippen LogP contribution in [0.2, 0.25) is 0 Å². The van der Waals surface area contributed by atoms with Crippen molar-refractivity contribution in [3.63, 3.8) is 0 Å². The second-order valence-electron chi connectivity index (χ2n) is 5.70. The minimum absolute atomic E-state index is 0.731. The Morgan fingerprint density at radius 3 is 2.83 bits per heavy atom. The Morgan fingerprint density at radius 2 is 2.22 bits per heavy atom. The summed E-state index contributed by atoms with van der Waals surface area (Å²) in [6.07, 6.45) is 4.56. The van der Waals surface area contributed by atoms with Gasteiger partial charge in [-0.2, -0.15) is 0 Å². The summed E-state index contributed by atoms with van der Waals surface area (Å²) in [5.74, 6) is 1.83. The molecule has 2 rings (SSSR count). The van der Waals surface area contributed by atoms with Gasteiger partial charge in [0.2, 0.25) is 0 Å². The van der Waals surface area contributed by atoms with E-state index < -0.39 is 0 Å². The van der Waals surface area contributed by atoms with Crippen LogP contribution in [0.4, 0.5) is 0 Å². The van der Waals surface area contributed by atoms with Gasteiger partial charge in [0.1, 0.15) is 5.76 Å². The van der Waals surface area contributed by atoms with Gasteiger partial charge in [-0.1, -0.05) is 20.8 Å². The van der Waals surface area contributed by atoms with E-state index >= 15 is 0 Å². The van der Waals surface area contributed by atoms with Crippen molar-refractivity contribution in [1.29, 1.82) is 0 Å². The smallest absolute Gasteiger partial charge is 0.122 e. The van der Waals surface area contributed by atoms with E-state index in [9.17, 15) is 0 Å². The van der Waals surface area contributed by atoms with Crippen molar-refractivity contribution in [1.82, 2.24) is 10.2 Å². The number of hydrogen-bond acceptors (Lipinski definition) is 3. The molecule has 18 heavy (non-hydrogen) atoms. The van der Waals surface area contributed by atoms with Crippen molar-refractivity contribution in [2.24, 2.45) is 5.92 Å². The van der Waals surface area contributed by atoms with Gasteiger partial charge in [0, 0.05) is 24.7 Å². The van der Waals surface area contributed by atoms with Crippen LogP contribution in [0.5, 0.6) is 0 Å². The van der Waals surface area contributed by atoms with E-state index in [1.54, 1.807) is 0 Å². The molecule has 0 amide bonds. The Balaban J connectivity index is 1.95. The van der Waals surface area contributed by atoms with Gasteiger partial charge in [-0.05, 0) is 31.4 Å². The molecular weight excluding hydrogens is 224 g/mol. The Hall–Kier alpha value is -0.800. The van der Waals surface area contributed by atoms with Crippen molar-refractivity contribution in [3.8, 4) is 0 Å². The van der Waals surface area contributed by atoms with E-state index in [2.05, 4.69) is 37.1 Å². The number of nitrogens with one attached hydrogen (secondary N) is 1. The van der Waals surface area contributed by atoms with Crippen LogP contribution in [0.25, 0.3) is 0 Å². The first-order chi connectivity index (χ1) is 8.70. The highest BCUT2D eigenvalue weighted by Crippen LogP contribution is 2.29. The molecule has 1 aliphatic rings. The van der Waals surface area contributed by atoms with Crippen LogP contribution in [0.3, 0.4) is 0 Å². The van der Waals surface area contributed by atoms with Gasteiger partial charge in [-0.15, -0.1) is 0 Å². The highest BCUT2D eigenvalue weighted by atomic mass is 16.3. The minimum Gasteiger partial charge on any atom is -0.468 e. The lowest BCUT2D eigenvalue weighted by Gasteiger charge is -2.23. The summed E-state index contributed by atoms with van der Waals surface area (Å²) < 4.78 is 5.58. The Kier molecular flexibility index (Phi) is 4.84. The number of furan rings is 1. The van der Waals surface area contributed by atoms with Crippen LogP contribution >= 0.6 is 0 Å². The van der Waals surface area contributed by atoms with Gasteiger partial charge in [0.05, 0.1) is 12.8 Å². The maximum atomic E-state index is 5.58. The fourth-order valence-corrected chi connectivity index (χ4v) is 2.37. The average molecular weight is 250 g/mol. The van der Waals surface area contributed by atoms with Gasteiger partial charge in [-0.25, -0.2) is 0 Å². The van der Waals surface area contributed by atoms with Crippen molar-refractivity contribution < 1.29 is 4.42 Å². The second kappa shape index (κ2) is 6.39. The summed E-state index contributed by atoms with van der Waals surface area (Å²) in [5.41, 5.74) is 1.35. The predicted molar refractivity (Wildman–Crippen MR) is 74.4 cm³/mol. The third-order valence-electron chi connectivity index (χ3n) is 3.41. The zero-order chi connectivity index (χ0) is 13.0. The largest absolute Gasteiger partial charge is 0.468 e. The van der Waals surface area contributed by atoms with E-state index in [1.165, 1.54) is 24.9 Å². The van der Waals surface area contributed by atoms with Gasteiger partial charge in [0.15, 0.2) is 0 Å². The normalized spacial score (nSPS) is 15.8. The fourth-order valence-electron chi connectivity index (χ4n) is 2.37. The lowest BCUT2D eigenvalue weighted by atomic mass is 10.1.